The Labute approximate surface area is 434 Å². The molecular formula is C51H93N3O17P2. The SMILES string of the molecule is CCCCC/C=C\C[C@H](O)[C@@H](O)CCCCCCCC(=O)O[C@H](COC(=O)CCCCCCCCCCCCCCCCC(C)CC)COP(=O)(O)OP(=O)(O)OC[C@H]1O[C@@H](n2ccc(N)nc2=O)[C@H](O)[C@@H]1O. The number of phosphoric ester groups is 2. The van der Waals surface area contributed by atoms with Gasteiger partial charge in [-0.25, -0.2) is 13.9 Å². The minimum atomic E-state index is -5.46. The van der Waals surface area contributed by atoms with E-state index in [1.54, 1.807) is 0 Å². The summed E-state index contributed by atoms with van der Waals surface area (Å²) in [7, 11) is -10.9. The number of aliphatic hydroxyl groups excluding tert-OH is 4. The van der Waals surface area contributed by atoms with Crippen LogP contribution in [-0.4, -0.2) is 108 Å². The molecule has 0 bridgehead atoms. The number of carbonyl (C=O) groups is 2. The summed E-state index contributed by atoms with van der Waals surface area (Å²) in [6, 6.07) is 1.24. The number of unbranched alkanes of at least 4 members (excludes halogenated alkanes) is 20. The summed E-state index contributed by atoms with van der Waals surface area (Å²) < 4.78 is 56.8. The fourth-order valence-electron chi connectivity index (χ4n) is 8.31. The summed E-state index contributed by atoms with van der Waals surface area (Å²) in [6.45, 7) is 4.33. The molecule has 0 aliphatic carbocycles. The number of nitrogens with zero attached hydrogens (tertiary/aromatic N) is 2. The number of allylic oxidation sites excluding steroid dienone is 1. The van der Waals surface area contributed by atoms with Crippen molar-refractivity contribution in [1.82, 2.24) is 9.55 Å². The minimum Gasteiger partial charge on any atom is -0.462 e. The van der Waals surface area contributed by atoms with E-state index in [2.05, 4.69) is 30.1 Å². The van der Waals surface area contributed by atoms with E-state index in [0.29, 0.717) is 38.5 Å². The third kappa shape index (κ3) is 31.3. The Hall–Kier alpha value is -2.58. The van der Waals surface area contributed by atoms with Crippen molar-refractivity contribution in [3.8, 4) is 0 Å². The lowest BCUT2D eigenvalue weighted by molar-refractivity contribution is -0.161. The zero-order valence-electron chi connectivity index (χ0n) is 44.1. The monoisotopic (exact) mass is 1080 g/mol. The van der Waals surface area contributed by atoms with Crippen molar-refractivity contribution >= 4 is 33.4 Å². The number of carbonyl (C=O) groups excluding carboxylic acids is 2. The third-order valence-electron chi connectivity index (χ3n) is 13.1. The average Bonchev–Trinajstić information content (AvgIpc) is 3.62. The molecule has 73 heavy (non-hydrogen) atoms. The molecule has 10 atom stereocenters. The first-order valence-electron chi connectivity index (χ1n) is 27.3. The van der Waals surface area contributed by atoms with Crippen molar-refractivity contribution in [1.29, 1.82) is 0 Å². The Balaban J connectivity index is 1.80. The highest BCUT2D eigenvalue weighted by Crippen LogP contribution is 2.60. The summed E-state index contributed by atoms with van der Waals surface area (Å²) in [5, 5.41) is 41.5. The number of ether oxygens (including phenoxy) is 3. The van der Waals surface area contributed by atoms with Crippen LogP contribution in [0.4, 0.5) is 5.82 Å². The summed E-state index contributed by atoms with van der Waals surface area (Å²) in [5.74, 6) is -0.565. The van der Waals surface area contributed by atoms with Crippen LogP contribution in [0.5, 0.6) is 0 Å². The van der Waals surface area contributed by atoms with Gasteiger partial charge in [-0.3, -0.25) is 23.2 Å². The van der Waals surface area contributed by atoms with Gasteiger partial charge >= 0.3 is 33.3 Å². The van der Waals surface area contributed by atoms with E-state index in [1.165, 1.54) is 76.7 Å². The van der Waals surface area contributed by atoms with E-state index in [4.69, 9.17) is 29.0 Å². The molecule has 0 aromatic carbocycles. The van der Waals surface area contributed by atoms with Gasteiger partial charge in [-0.1, -0.05) is 168 Å². The Kier molecular flexibility index (Phi) is 35.4. The van der Waals surface area contributed by atoms with E-state index in [0.717, 1.165) is 80.9 Å². The summed E-state index contributed by atoms with van der Waals surface area (Å²) in [5.41, 5.74) is 4.58. The second kappa shape index (κ2) is 38.9. The maximum absolute atomic E-state index is 12.9. The molecule has 2 rings (SSSR count). The Bertz CT molecular complexity index is 1820. The van der Waals surface area contributed by atoms with Crippen LogP contribution in [0.3, 0.4) is 0 Å². The molecular weight excluding hydrogens is 989 g/mol. The van der Waals surface area contributed by atoms with Gasteiger partial charge in [0.25, 0.3) is 0 Å². The molecule has 0 saturated carbocycles. The van der Waals surface area contributed by atoms with Crippen molar-refractivity contribution in [3.05, 3.63) is 34.9 Å². The lowest BCUT2D eigenvalue weighted by Gasteiger charge is -2.21. The second-order valence-electron chi connectivity index (χ2n) is 19.6. The van der Waals surface area contributed by atoms with Crippen molar-refractivity contribution in [3.63, 3.8) is 0 Å². The zero-order valence-corrected chi connectivity index (χ0v) is 45.9. The van der Waals surface area contributed by atoms with Gasteiger partial charge in [-0.2, -0.15) is 9.29 Å². The molecule has 8 N–H and O–H groups in total. The third-order valence-corrected chi connectivity index (χ3v) is 15.7. The highest BCUT2D eigenvalue weighted by molar-refractivity contribution is 7.61. The van der Waals surface area contributed by atoms with Gasteiger partial charge < -0.3 is 50.2 Å². The first-order chi connectivity index (χ1) is 34.9. The maximum atomic E-state index is 12.9. The zero-order chi connectivity index (χ0) is 53.9. The molecule has 2 heterocycles. The Morgan fingerprint density at radius 1 is 0.740 bits per heavy atom. The molecule has 0 radical (unpaired) electrons. The molecule has 20 nitrogen and oxygen atoms in total. The van der Waals surface area contributed by atoms with Crippen LogP contribution in [0.25, 0.3) is 0 Å². The molecule has 1 aromatic rings. The van der Waals surface area contributed by atoms with Crippen molar-refractivity contribution in [2.24, 2.45) is 5.92 Å². The number of nitrogen functional groups attached to an aromatic ring is 1. The van der Waals surface area contributed by atoms with Crippen LogP contribution in [0.2, 0.25) is 0 Å². The number of phosphoric acid groups is 2. The van der Waals surface area contributed by atoms with Crippen molar-refractivity contribution < 1.29 is 76.5 Å². The Morgan fingerprint density at radius 3 is 1.86 bits per heavy atom. The predicted molar refractivity (Wildman–Crippen MR) is 278 cm³/mol. The van der Waals surface area contributed by atoms with Crippen LogP contribution in [0.15, 0.2) is 29.2 Å². The van der Waals surface area contributed by atoms with Gasteiger partial charge in [-0.15, -0.1) is 0 Å². The van der Waals surface area contributed by atoms with Crippen molar-refractivity contribution in [2.75, 3.05) is 25.6 Å². The lowest BCUT2D eigenvalue weighted by atomic mass is 9.99. The summed E-state index contributed by atoms with van der Waals surface area (Å²) in [6.07, 6.45) is 22.9. The maximum Gasteiger partial charge on any atom is 0.481 e. The average molecular weight is 1080 g/mol. The number of aromatic nitrogens is 2. The van der Waals surface area contributed by atoms with Crippen LogP contribution < -0.4 is 11.4 Å². The van der Waals surface area contributed by atoms with E-state index in [1.807, 2.05) is 12.2 Å². The number of nitrogens with two attached hydrogens (primary N) is 1. The highest BCUT2D eigenvalue weighted by atomic mass is 31.3. The largest absolute Gasteiger partial charge is 0.481 e. The molecule has 1 fully saturated rings. The van der Waals surface area contributed by atoms with Gasteiger partial charge in [0.2, 0.25) is 0 Å². The summed E-state index contributed by atoms with van der Waals surface area (Å²) in [4.78, 5) is 62.0. The topological polar surface area (TPSA) is 306 Å². The quantitative estimate of drug-likeness (QED) is 0.0138. The molecule has 1 aromatic heterocycles. The molecule has 0 amide bonds. The number of hydrogen-bond donors (Lipinski definition) is 7. The molecule has 0 spiro atoms. The number of hydrogen-bond acceptors (Lipinski definition) is 17. The molecule has 1 aliphatic rings. The standard InChI is InChI=1S/C51H93N3O17P2/c1-4-6-7-8-21-26-31-42(55)43(56)32-27-22-19-24-29-34-47(58)69-41(37-66-46(57)33-28-23-18-16-14-12-10-9-11-13-15-17-20-25-30-40(3)5-2)38-67-72(62,63)71-73(64,65)68-39-44-48(59)49(60)50(70-44)54-36-35-45(52)53-51(54)61/h21,26,35-36,40-44,48-50,55-56,59-60H,4-20,22-25,27-34,37-39H2,1-3H3,(H,62,63)(H,64,65)(H2,52,53,61)/b26-21-/t40?,41-,42+,43+,44-,48-,49-,50-/m1/s1. The van der Waals surface area contributed by atoms with E-state index in [-0.39, 0.29) is 18.7 Å². The van der Waals surface area contributed by atoms with Crippen LogP contribution in [-0.2, 0) is 46.3 Å². The Morgan fingerprint density at radius 2 is 1.29 bits per heavy atom. The normalized spacial score (nSPS) is 20.3. The molecule has 1 aliphatic heterocycles. The first-order valence-corrected chi connectivity index (χ1v) is 30.3. The fourth-order valence-corrected chi connectivity index (χ4v) is 10.4. The number of esters is 2. The van der Waals surface area contributed by atoms with E-state index < -0.39 is 95.9 Å². The first kappa shape index (κ1) is 66.5. The number of rotatable bonds is 45. The van der Waals surface area contributed by atoms with Gasteiger partial charge in [0.15, 0.2) is 12.3 Å². The van der Waals surface area contributed by atoms with Gasteiger partial charge in [0, 0.05) is 19.0 Å². The van der Waals surface area contributed by atoms with Gasteiger partial charge in [0.1, 0.15) is 30.7 Å². The van der Waals surface area contributed by atoms with Gasteiger partial charge in [0.05, 0.1) is 25.4 Å². The fraction of sp³-hybridized carbons (Fsp3) is 0.843. The molecule has 3 unspecified atom stereocenters. The predicted octanol–water partition coefficient (Wildman–Crippen LogP) is 9.42. The van der Waals surface area contributed by atoms with Crippen LogP contribution in [0, 0.1) is 5.92 Å². The summed E-state index contributed by atoms with van der Waals surface area (Å²) >= 11 is 0. The van der Waals surface area contributed by atoms with E-state index in [9.17, 15) is 53.7 Å². The molecule has 1 saturated heterocycles. The van der Waals surface area contributed by atoms with Crippen LogP contribution >= 0.6 is 15.6 Å². The van der Waals surface area contributed by atoms with Gasteiger partial charge in [-0.05, 0) is 50.5 Å². The van der Waals surface area contributed by atoms with Crippen molar-refractivity contribution in [2.45, 2.75) is 250 Å². The number of anilines is 1. The van der Waals surface area contributed by atoms with E-state index >= 15 is 0 Å². The highest BCUT2D eigenvalue weighted by Gasteiger charge is 2.46. The van der Waals surface area contributed by atoms with Crippen LogP contribution in [0.1, 0.15) is 213 Å². The minimum absolute atomic E-state index is 0.0454. The second-order valence-corrected chi connectivity index (χ2v) is 22.7. The lowest BCUT2D eigenvalue weighted by Crippen LogP contribution is -2.36. The molecule has 22 heteroatoms. The molecule has 424 valence electrons. The smallest absolute Gasteiger partial charge is 0.462 e. The number of aliphatic hydroxyl groups is 4.